The Balaban J connectivity index is 2.44. The van der Waals surface area contributed by atoms with Crippen LogP contribution in [0.4, 0.5) is 0 Å². The number of hydrogen-bond donors (Lipinski definition) is 0. The fraction of sp³-hybridized carbons (Fsp3) is 0.588. The van der Waals surface area contributed by atoms with E-state index in [-0.39, 0.29) is 11.8 Å². The molecule has 1 unspecified atom stereocenters. The molecule has 0 bridgehead atoms. The van der Waals surface area contributed by atoms with E-state index in [1.165, 1.54) is 0 Å². The quantitative estimate of drug-likeness (QED) is 0.646. The van der Waals surface area contributed by atoms with Crippen LogP contribution in [0.2, 0.25) is 0 Å². The first-order chi connectivity index (χ1) is 10.0. The topological polar surface area (TPSA) is 38.8 Å². The van der Waals surface area contributed by atoms with E-state index in [9.17, 15) is 4.79 Å². The maximum atomic E-state index is 12.3. The van der Waals surface area contributed by atoms with Crippen molar-refractivity contribution >= 4 is 5.91 Å². The largest absolute Gasteiger partial charge is 0.347 e. The number of ether oxygens (including phenoxy) is 2. The molecule has 4 heteroatoms. The molecule has 0 aliphatic carbocycles. The fourth-order valence-electron chi connectivity index (χ4n) is 2.27. The van der Waals surface area contributed by atoms with Crippen LogP contribution in [0.5, 0.6) is 0 Å². The third-order valence-corrected chi connectivity index (χ3v) is 3.70. The summed E-state index contributed by atoms with van der Waals surface area (Å²) in [5.74, 6) is -0.546. The van der Waals surface area contributed by atoms with Gasteiger partial charge in [0, 0.05) is 20.0 Å². The lowest BCUT2D eigenvalue weighted by atomic mass is 10.1. The molecule has 0 aromatic heterocycles. The van der Waals surface area contributed by atoms with Gasteiger partial charge in [-0.2, -0.15) is 0 Å². The summed E-state index contributed by atoms with van der Waals surface area (Å²) in [6.45, 7) is 9.45. The Hall–Kier alpha value is -1.39. The predicted octanol–water partition coefficient (Wildman–Crippen LogP) is 2.92. The van der Waals surface area contributed by atoms with Gasteiger partial charge in [0.1, 0.15) is 0 Å². The molecular formula is C17H27NO3. The van der Waals surface area contributed by atoms with Gasteiger partial charge in [-0.1, -0.05) is 50.8 Å². The zero-order valence-electron chi connectivity index (χ0n) is 13.4. The van der Waals surface area contributed by atoms with E-state index in [0.29, 0.717) is 26.2 Å². The normalized spacial score (nSPS) is 19.2. The lowest BCUT2D eigenvalue weighted by Crippen LogP contribution is -2.38. The molecule has 1 rings (SSSR count). The number of carbonyl (C=O) groups is 1. The lowest BCUT2D eigenvalue weighted by molar-refractivity contribution is -0.167. The summed E-state index contributed by atoms with van der Waals surface area (Å²) in [4.78, 5) is 14.0. The van der Waals surface area contributed by atoms with Crippen LogP contribution in [0.1, 0.15) is 26.7 Å². The first kappa shape index (κ1) is 17.7. The van der Waals surface area contributed by atoms with Crippen molar-refractivity contribution in [2.24, 2.45) is 5.92 Å². The van der Waals surface area contributed by atoms with Gasteiger partial charge in [-0.3, -0.25) is 4.79 Å². The van der Waals surface area contributed by atoms with Crippen molar-refractivity contribution in [1.82, 2.24) is 4.90 Å². The molecule has 0 aromatic carbocycles. The number of carbonyl (C=O) groups excluding carboxylic acids is 1. The summed E-state index contributed by atoms with van der Waals surface area (Å²) >= 11 is 0. The van der Waals surface area contributed by atoms with E-state index in [0.717, 1.165) is 6.42 Å². The molecule has 1 heterocycles. The lowest BCUT2D eigenvalue weighted by Gasteiger charge is -2.29. The van der Waals surface area contributed by atoms with E-state index in [4.69, 9.17) is 9.47 Å². The molecule has 1 aliphatic rings. The van der Waals surface area contributed by atoms with Gasteiger partial charge in [0.25, 0.3) is 0 Å². The SMILES string of the molecule is C=C/C=C\C=C/C(C)C(=O)N(C)CCC1(CC)OCCO1. The van der Waals surface area contributed by atoms with Crippen LogP contribution in [-0.4, -0.2) is 43.4 Å². The zero-order valence-corrected chi connectivity index (χ0v) is 13.4. The second-order valence-corrected chi connectivity index (χ2v) is 5.27. The maximum Gasteiger partial charge on any atom is 0.228 e. The van der Waals surface area contributed by atoms with Crippen LogP contribution in [-0.2, 0) is 14.3 Å². The van der Waals surface area contributed by atoms with E-state index in [1.54, 1.807) is 11.0 Å². The van der Waals surface area contributed by atoms with Crippen LogP contribution < -0.4 is 0 Å². The van der Waals surface area contributed by atoms with Gasteiger partial charge in [-0.05, 0) is 6.42 Å². The Morgan fingerprint density at radius 1 is 1.33 bits per heavy atom. The van der Waals surface area contributed by atoms with Crippen molar-refractivity contribution in [3.8, 4) is 0 Å². The molecule has 4 nitrogen and oxygen atoms in total. The molecule has 0 aromatic rings. The van der Waals surface area contributed by atoms with Crippen molar-refractivity contribution in [3.05, 3.63) is 37.0 Å². The van der Waals surface area contributed by atoms with Gasteiger partial charge in [0.2, 0.25) is 5.91 Å². The van der Waals surface area contributed by atoms with Crippen LogP contribution >= 0.6 is 0 Å². The Labute approximate surface area is 128 Å². The van der Waals surface area contributed by atoms with Gasteiger partial charge in [-0.25, -0.2) is 0 Å². The maximum absolute atomic E-state index is 12.3. The van der Waals surface area contributed by atoms with Crippen molar-refractivity contribution < 1.29 is 14.3 Å². The Morgan fingerprint density at radius 2 is 2.00 bits per heavy atom. The minimum Gasteiger partial charge on any atom is -0.347 e. The highest BCUT2D eigenvalue weighted by Crippen LogP contribution is 2.27. The number of rotatable bonds is 8. The van der Waals surface area contributed by atoms with Crippen molar-refractivity contribution in [3.63, 3.8) is 0 Å². The van der Waals surface area contributed by atoms with Gasteiger partial charge < -0.3 is 14.4 Å². The molecule has 0 N–H and O–H groups in total. The summed E-state index contributed by atoms with van der Waals surface area (Å²) in [6, 6.07) is 0. The van der Waals surface area contributed by atoms with Gasteiger partial charge >= 0.3 is 0 Å². The zero-order chi connectivity index (χ0) is 15.7. The van der Waals surface area contributed by atoms with E-state index < -0.39 is 5.79 Å². The third-order valence-electron chi connectivity index (χ3n) is 3.70. The molecule has 118 valence electrons. The molecular weight excluding hydrogens is 266 g/mol. The van der Waals surface area contributed by atoms with E-state index >= 15 is 0 Å². The van der Waals surface area contributed by atoms with Gasteiger partial charge in [0.05, 0.1) is 19.1 Å². The second-order valence-electron chi connectivity index (χ2n) is 5.27. The molecule has 21 heavy (non-hydrogen) atoms. The van der Waals surface area contributed by atoms with E-state index in [1.807, 2.05) is 45.2 Å². The minimum absolute atomic E-state index is 0.0995. The highest BCUT2D eigenvalue weighted by Gasteiger charge is 2.34. The molecule has 1 amide bonds. The molecule has 0 saturated carbocycles. The third kappa shape index (κ3) is 5.48. The predicted molar refractivity (Wildman–Crippen MR) is 84.8 cm³/mol. The molecule has 0 spiro atoms. The molecule has 1 aliphatic heterocycles. The molecule has 0 radical (unpaired) electrons. The summed E-state index contributed by atoms with van der Waals surface area (Å²) in [7, 11) is 1.82. The second kappa shape index (κ2) is 8.80. The fourth-order valence-corrected chi connectivity index (χ4v) is 2.27. The number of amides is 1. The number of hydrogen-bond acceptors (Lipinski definition) is 3. The smallest absolute Gasteiger partial charge is 0.228 e. The summed E-state index contributed by atoms with van der Waals surface area (Å²) < 4.78 is 11.4. The summed E-state index contributed by atoms with van der Waals surface area (Å²) in [6.07, 6.45) is 10.7. The molecule has 1 atom stereocenters. The highest BCUT2D eigenvalue weighted by atomic mass is 16.7. The minimum atomic E-state index is -0.500. The highest BCUT2D eigenvalue weighted by molar-refractivity contribution is 5.79. The average Bonchev–Trinajstić information content (AvgIpc) is 2.97. The Kier molecular flexibility index (Phi) is 7.40. The van der Waals surface area contributed by atoms with Gasteiger partial charge in [0.15, 0.2) is 5.79 Å². The first-order valence-corrected chi connectivity index (χ1v) is 7.53. The van der Waals surface area contributed by atoms with Crippen LogP contribution in [0.3, 0.4) is 0 Å². The molecule has 1 fully saturated rings. The monoisotopic (exact) mass is 293 g/mol. The Morgan fingerprint density at radius 3 is 2.57 bits per heavy atom. The van der Waals surface area contributed by atoms with Crippen molar-refractivity contribution in [2.75, 3.05) is 26.8 Å². The first-order valence-electron chi connectivity index (χ1n) is 7.53. The van der Waals surface area contributed by atoms with E-state index in [2.05, 4.69) is 6.58 Å². The summed E-state index contributed by atoms with van der Waals surface area (Å²) in [5.41, 5.74) is 0. The van der Waals surface area contributed by atoms with Crippen molar-refractivity contribution in [2.45, 2.75) is 32.5 Å². The van der Waals surface area contributed by atoms with Crippen LogP contribution in [0.25, 0.3) is 0 Å². The molecule has 1 saturated heterocycles. The summed E-state index contributed by atoms with van der Waals surface area (Å²) in [5, 5.41) is 0. The standard InChI is InChI=1S/C17H27NO3/c1-5-7-8-9-10-15(3)16(19)18(4)12-11-17(6-2)20-13-14-21-17/h5,7-10,15H,1,6,11-14H2,2-4H3/b8-7-,10-9-. The Bertz CT molecular complexity index is 395. The number of allylic oxidation sites excluding steroid dienone is 4. The van der Waals surface area contributed by atoms with Gasteiger partial charge in [-0.15, -0.1) is 0 Å². The number of nitrogens with zero attached hydrogens (tertiary/aromatic N) is 1. The van der Waals surface area contributed by atoms with Crippen LogP contribution in [0.15, 0.2) is 37.0 Å². The van der Waals surface area contributed by atoms with Crippen LogP contribution in [0, 0.1) is 5.92 Å². The average molecular weight is 293 g/mol. The van der Waals surface area contributed by atoms with Crippen molar-refractivity contribution in [1.29, 1.82) is 0 Å².